The molecule has 1 heterocycles. The van der Waals surface area contributed by atoms with Gasteiger partial charge in [0.05, 0.1) is 6.54 Å². The smallest absolute Gasteiger partial charge is 0.287 e. The maximum Gasteiger partial charge on any atom is 0.287 e. The molecular weight excluding hydrogens is 230 g/mol. The fraction of sp³-hybridized carbons (Fsp3) is 0.455. The first-order valence-corrected chi connectivity index (χ1v) is 5.18. The van der Waals surface area contributed by atoms with Crippen LogP contribution in [0.4, 0.5) is 8.78 Å². The van der Waals surface area contributed by atoms with E-state index in [1.165, 1.54) is 0 Å². The molecule has 0 spiro atoms. The number of halogens is 2. The summed E-state index contributed by atoms with van der Waals surface area (Å²) in [6.45, 7) is -2.10. The molecule has 1 aromatic heterocycles. The molecule has 0 bridgehead atoms. The molecule has 0 fully saturated rings. The number of amides is 1. The van der Waals surface area contributed by atoms with Crippen molar-refractivity contribution in [3.8, 4) is 0 Å². The first-order valence-electron chi connectivity index (χ1n) is 5.18. The SMILES string of the molecule is O=C(CCc1ccncc1)NCC(F)(F)CO. The lowest BCUT2D eigenvalue weighted by molar-refractivity contribution is -0.124. The zero-order valence-corrected chi connectivity index (χ0v) is 9.20. The largest absolute Gasteiger partial charge is 0.390 e. The molecule has 0 unspecified atom stereocenters. The Balaban J connectivity index is 2.27. The van der Waals surface area contributed by atoms with Crippen molar-refractivity contribution in [3.05, 3.63) is 30.1 Å². The summed E-state index contributed by atoms with van der Waals surface area (Å²) in [5.41, 5.74) is 0.920. The summed E-state index contributed by atoms with van der Waals surface area (Å²) in [6, 6.07) is 3.52. The van der Waals surface area contributed by atoms with Crippen LogP contribution in [0.15, 0.2) is 24.5 Å². The van der Waals surface area contributed by atoms with Crippen molar-refractivity contribution in [2.75, 3.05) is 13.2 Å². The Morgan fingerprint density at radius 3 is 2.65 bits per heavy atom. The predicted molar refractivity (Wildman–Crippen MR) is 57.6 cm³/mol. The summed E-state index contributed by atoms with van der Waals surface area (Å²) in [7, 11) is 0. The molecule has 0 aliphatic rings. The molecule has 0 aromatic carbocycles. The highest BCUT2D eigenvalue weighted by molar-refractivity contribution is 5.76. The lowest BCUT2D eigenvalue weighted by Crippen LogP contribution is -2.39. The summed E-state index contributed by atoms with van der Waals surface area (Å²) in [5, 5.41) is 10.4. The Bertz CT molecular complexity index is 358. The van der Waals surface area contributed by atoms with Gasteiger partial charge in [-0.15, -0.1) is 0 Å². The third-order valence-corrected chi connectivity index (χ3v) is 2.17. The number of hydrogen-bond donors (Lipinski definition) is 2. The van der Waals surface area contributed by atoms with Gasteiger partial charge in [-0.25, -0.2) is 8.78 Å². The molecule has 2 N–H and O–H groups in total. The van der Waals surface area contributed by atoms with Crippen molar-refractivity contribution in [2.24, 2.45) is 0 Å². The van der Waals surface area contributed by atoms with Gasteiger partial charge >= 0.3 is 0 Å². The Labute approximate surface area is 97.7 Å². The topological polar surface area (TPSA) is 62.2 Å². The molecule has 94 valence electrons. The Hall–Kier alpha value is -1.56. The van der Waals surface area contributed by atoms with Crippen LogP contribution < -0.4 is 5.32 Å². The average Bonchev–Trinajstić information content (AvgIpc) is 2.35. The zero-order chi connectivity index (χ0) is 12.7. The standard InChI is InChI=1S/C11H14F2N2O2/c12-11(13,8-16)7-15-10(17)2-1-9-3-5-14-6-4-9/h3-6,16H,1-2,7-8H2,(H,15,17). The van der Waals surface area contributed by atoms with Crippen LogP contribution in [0.1, 0.15) is 12.0 Å². The number of alkyl halides is 2. The number of pyridine rings is 1. The van der Waals surface area contributed by atoms with E-state index in [1.54, 1.807) is 24.5 Å². The van der Waals surface area contributed by atoms with Crippen molar-refractivity contribution in [2.45, 2.75) is 18.8 Å². The van der Waals surface area contributed by atoms with Gasteiger partial charge in [-0.1, -0.05) is 0 Å². The van der Waals surface area contributed by atoms with Crippen LogP contribution in [0, 0.1) is 0 Å². The fourth-order valence-electron chi connectivity index (χ4n) is 1.18. The summed E-state index contributed by atoms with van der Waals surface area (Å²) in [5.74, 6) is -3.72. The van der Waals surface area contributed by atoms with Gasteiger partial charge in [0.1, 0.15) is 6.61 Å². The molecule has 0 atom stereocenters. The number of aryl methyl sites for hydroxylation is 1. The van der Waals surface area contributed by atoms with Crippen LogP contribution in [-0.2, 0) is 11.2 Å². The lowest BCUT2D eigenvalue weighted by Gasteiger charge is -2.13. The molecule has 17 heavy (non-hydrogen) atoms. The van der Waals surface area contributed by atoms with E-state index in [-0.39, 0.29) is 6.42 Å². The number of aliphatic hydroxyl groups is 1. The molecule has 0 aliphatic heterocycles. The van der Waals surface area contributed by atoms with Crippen molar-refractivity contribution in [1.82, 2.24) is 10.3 Å². The number of nitrogens with one attached hydrogen (secondary N) is 1. The van der Waals surface area contributed by atoms with Crippen LogP contribution in [0.2, 0.25) is 0 Å². The van der Waals surface area contributed by atoms with E-state index in [0.717, 1.165) is 5.56 Å². The van der Waals surface area contributed by atoms with Crippen LogP contribution in [0.3, 0.4) is 0 Å². The molecule has 0 saturated heterocycles. The average molecular weight is 244 g/mol. The van der Waals surface area contributed by atoms with E-state index in [0.29, 0.717) is 6.42 Å². The maximum atomic E-state index is 12.6. The van der Waals surface area contributed by atoms with Gasteiger partial charge in [-0.2, -0.15) is 0 Å². The number of nitrogens with zero attached hydrogens (tertiary/aromatic N) is 1. The Morgan fingerprint density at radius 2 is 2.06 bits per heavy atom. The van der Waals surface area contributed by atoms with Gasteiger partial charge in [0.2, 0.25) is 5.91 Å². The number of carbonyl (C=O) groups is 1. The maximum absolute atomic E-state index is 12.6. The van der Waals surface area contributed by atoms with Crippen LogP contribution >= 0.6 is 0 Å². The Kier molecular flexibility index (Phi) is 4.96. The highest BCUT2D eigenvalue weighted by Gasteiger charge is 2.27. The van der Waals surface area contributed by atoms with Crippen molar-refractivity contribution < 1.29 is 18.7 Å². The third-order valence-electron chi connectivity index (χ3n) is 2.17. The van der Waals surface area contributed by atoms with Crippen molar-refractivity contribution in [1.29, 1.82) is 0 Å². The monoisotopic (exact) mass is 244 g/mol. The van der Waals surface area contributed by atoms with Crippen LogP contribution in [0.5, 0.6) is 0 Å². The number of carbonyl (C=O) groups excluding carboxylic acids is 1. The van der Waals surface area contributed by atoms with Gasteiger partial charge in [0.25, 0.3) is 5.92 Å². The Morgan fingerprint density at radius 1 is 1.41 bits per heavy atom. The first-order chi connectivity index (χ1) is 8.03. The molecule has 6 heteroatoms. The van der Waals surface area contributed by atoms with Gasteiger partial charge in [-0.3, -0.25) is 9.78 Å². The minimum atomic E-state index is -3.26. The second-order valence-electron chi connectivity index (χ2n) is 3.65. The molecule has 0 radical (unpaired) electrons. The zero-order valence-electron chi connectivity index (χ0n) is 9.20. The molecule has 1 aromatic rings. The summed E-state index contributed by atoms with van der Waals surface area (Å²) in [6.07, 6.45) is 3.81. The summed E-state index contributed by atoms with van der Waals surface area (Å²) >= 11 is 0. The van der Waals surface area contributed by atoms with Crippen LogP contribution in [-0.4, -0.2) is 35.1 Å². The second-order valence-corrected chi connectivity index (χ2v) is 3.65. The predicted octanol–water partition coefficient (Wildman–Crippen LogP) is 0.758. The highest BCUT2D eigenvalue weighted by Crippen LogP contribution is 2.09. The number of rotatable bonds is 6. The van der Waals surface area contributed by atoms with Gasteiger partial charge in [0.15, 0.2) is 0 Å². The number of aliphatic hydroxyl groups excluding tert-OH is 1. The minimum Gasteiger partial charge on any atom is -0.390 e. The van der Waals surface area contributed by atoms with E-state index in [9.17, 15) is 13.6 Å². The normalized spacial score (nSPS) is 11.2. The first kappa shape index (κ1) is 13.5. The number of hydrogen-bond acceptors (Lipinski definition) is 3. The van der Waals surface area contributed by atoms with E-state index < -0.39 is 25.0 Å². The van der Waals surface area contributed by atoms with E-state index in [1.807, 2.05) is 0 Å². The summed E-state index contributed by atoms with van der Waals surface area (Å²) in [4.78, 5) is 15.1. The van der Waals surface area contributed by atoms with E-state index >= 15 is 0 Å². The second kappa shape index (κ2) is 6.24. The summed E-state index contributed by atoms with van der Waals surface area (Å²) < 4.78 is 25.2. The third kappa shape index (κ3) is 5.35. The molecular formula is C11H14F2N2O2. The molecule has 1 amide bonds. The van der Waals surface area contributed by atoms with Crippen molar-refractivity contribution >= 4 is 5.91 Å². The quantitative estimate of drug-likeness (QED) is 0.776. The fourth-order valence-corrected chi connectivity index (χ4v) is 1.18. The molecule has 1 rings (SSSR count). The molecule has 0 aliphatic carbocycles. The van der Waals surface area contributed by atoms with Gasteiger partial charge in [-0.05, 0) is 24.1 Å². The van der Waals surface area contributed by atoms with Crippen molar-refractivity contribution in [3.63, 3.8) is 0 Å². The highest BCUT2D eigenvalue weighted by atomic mass is 19.3. The molecule has 4 nitrogen and oxygen atoms in total. The van der Waals surface area contributed by atoms with Crippen LogP contribution in [0.25, 0.3) is 0 Å². The lowest BCUT2D eigenvalue weighted by atomic mass is 10.1. The number of aromatic nitrogens is 1. The van der Waals surface area contributed by atoms with E-state index in [4.69, 9.17) is 5.11 Å². The molecule has 0 saturated carbocycles. The van der Waals surface area contributed by atoms with E-state index in [2.05, 4.69) is 10.3 Å². The van der Waals surface area contributed by atoms with Gasteiger partial charge in [0, 0.05) is 18.8 Å². The minimum absolute atomic E-state index is 0.130. The van der Waals surface area contributed by atoms with Gasteiger partial charge < -0.3 is 10.4 Å².